The van der Waals surface area contributed by atoms with Crippen molar-refractivity contribution in [1.82, 2.24) is 0 Å². The van der Waals surface area contributed by atoms with Crippen molar-refractivity contribution in [1.29, 1.82) is 0 Å². The third-order valence-corrected chi connectivity index (χ3v) is 10.4. The number of hydrogen-bond acceptors (Lipinski definition) is 0. The zero-order chi connectivity index (χ0) is 20.9. The Kier molecular flexibility index (Phi) is 5.34. The van der Waals surface area contributed by atoms with Crippen molar-refractivity contribution < 1.29 is 0 Å². The molecular weight excluding hydrogens is 388 g/mol. The summed E-state index contributed by atoms with van der Waals surface area (Å²) >= 11 is 0. The smallest absolute Gasteiger partial charge is 0.0812 e. The highest BCUT2D eigenvalue weighted by Crippen LogP contribution is 2.21. The van der Waals surface area contributed by atoms with Crippen LogP contribution in [0.1, 0.15) is 5.56 Å². The predicted octanol–water partition coefficient (Wildman–Crippen LogP) is 5.56. The van der Waals surface area contributed by atoms with Gasteiger partial charge >= 0.3 is 0 Å². The van der Waals surface area contributed by atoms with Crippen LogP contribution < -0.4 is 15.6 Å². The Bertz CT molecular complexity index is 1200. The topological polar surface area (TPSA) is 0 Å². The van der Waals surface area contributed by atoms with Gasteiger partial charge in [0.15, 0.2) is 8.07 Å². The maximum absolute atomic E-state index is 2.51. The van der Waals surface area contributed by atoms with Gasteiger partial charge in [-0.05, 0) is 31.9 Å². The molecule has 0 unspecified atom stereocenters. The molecule has 0 aromatic heterocycles. The highest BCUT2D eigenvalue weighted by atomic mass is 28.3. The molecule has 0 bridgehead atoms. The Labute approximate surface area is 185 Å². The summed E-state index contributed by atoms with van der Waals surface area (Å²) in [4.78, 5) is 0. The molecule has 0 saturated carbocycles. The molecule has 0 radical (unpaired) electrons. The molecule has 1 heteroatoms. The molecule has 0 atom stereocenters. The van der Waals surface area contributed by atoms with E-state index in [9.17, 15) is 0 Å². The molecule has 0 saturated heterocycles. The fourth-order valence-corrected chi connectivity index (χ4v) is 8.66. The lowest BCUT2D eigenvalue weighted by Gasteiger charge is -2.30. The number of fused-ring (bicyclic) bond motifs is 1. The third-order valence-electron chi connectivity index (χ3n) is 6.02. The molecule has 0 N–H and O–H groups in total. The Balaban J connectivity index is 1.79. The van der Waals surface area contributed by atoms with Crippen LogP contribution in [0.25, 0.3) is 16.8 Å². The minimum atomic E-state index is -2.37. The Hall–Kier alpha value is -3.68. The molecule has 0 amide bonds. The first-order valence-electron chi connectivity index (χ1n) is 10.7. The van der Waals surface area contributed by atoms with Crippen molar-refractivity contribution in [2.24, 2.45) is 0 Å². The number of hydrogen-bond donors (Lipinski definition) is 0. The van der Waals surface area contributed by atoms with E-state index in [1.807, 2.05) is 0 Å². The number of rotatable bonds is 5. The SMILES string of the molecule is C(=C\[Si](c1ccccc1)(c1ccccc1)c1ccccc1)/c1cccc2ccccc12. The first kappa shape index (κ1) is 19.3. The van der Waals surface area contributed by atoms with Gasteiger partial charge in [0.25, 0.3) is 0 Å². The van der Waals surface area contributed by atoms with E-state index in [4.69, 9.17) is 0 Å². The molecule has 5 rings (SSSR count). The van der Waals surface area contributed by atoms with Gasteiger partial charge in [0, 0.05) is 0 Å². The van der Waals surface area contributed by atoms with E-state index >= 15 is 0 Å². The third kappa shape index (κ3) is 3.65. The van der Waals surface area contributed by atoms with Crippen LogP contribution >= 0.6 is 0 Å². The van der Waals surface area contributed by atoms with Crippen LogP contribution in [0.3, 0.4) is 0 Å². The largest absolute Gasteiger partial charge is 0.172 e. The zero-order valence-electron chi connectivity index (χ0n) is 17.4. The van der Waals surface area contributed by atoms with Crippen LogP contribution in [-0.2, 0) is 0 Å². The molecule has 0 heterocycles. The van der Waals surface area contributed by atoms with E-state index in [0.717, 1.165) is 0 Å². The first-order valence-corrected chi connectivity index (χ1v) is 12.8. The van der Waals surface area contributed by atoms with Crippen molar-refractivity contribution in [3.63, 3.8) is 0 Å². The van der Waals surface area contributed by atoms with Gasteiger partial charge in [0.05, 0.1) is 0 Å². The molecule has 0 aliphatic rings. The minimum absolute atomic E-state index is 1.26. The maximum Gasteiger partial charge on any atom is 0.172 e. The Morgan fingerprint density at radius 2 is 0.871 bits per heavy atom. The monoisotopic (exact) mass is 412 g/mol. The van der Waals surface area contributed by atoms with Gasteiger partial charge in [-0.3, -0.25) is 0 Å². The summed E-state index contributed by atoms with van der Waals surface area (Å²) in [5, 5.41) is 6.74. The summed E-state index contributed by atoms with van der Waals surface area (Å²) in [7, 11) is -2.37. The molecule has 0 aliphatic heterocycles. The summed E-state index contributed by atoms with van der Waals surface area (Å²) in [6.45, 7) is 0. The van der Waals surface area contributed by atoms with Gasteiger partial charge in [0.1, 0.15) is 0 Å². The van der Waals surface area contributed by atoms with E-state index in [1.165, 1.54) is 31.9 Å². The lowest BCUT2D eigenvalue weighted by Crippen LogP contribution is -2.66. The normalized spacial score (nSPS) is 11.7. The summed E-state index contributed by atoms with van der Waals surface area (Å²) in [6, 6.07) is 48.2. The van der Waals surface area contributed by atoms with Crippen molar-refractivity contribution in [3.8, 4) is 0 Å². The van der Waals surface area contributed by atoms with Crippen molar-refractivity contribution in [2.45, 2.75) is 0 Å². The van der Waals surface area contributed by atoms with Crippen molar-refractivity contribution in [2.75, 3.05) is 0 Å². The molecule has 0 nitrogen and oxygen atoms in total. The van der Waals surface area contributed by atoms with E-state index in [2.05, 4.69) is 145 Å². The summed E-state index contributed by atoms with van der Waals surface area (Å²) in [5.41, 5.74) is 3.77. The standard InChI is InChI=1S/C30H24Si/c1-4-16-27(17-5-1)31(28-18-6-2-7-19-28,29-20-8-3-9-21-29)24-23-26-15-12-14-25-13-10-11-22-30(25)26/h1-24H/b24-23+. The van der Waals surface area contributed by atoms with E-state index in [1.54, 1.807) is 0 Å². The quantitative estimate of drug-likeness (QED) is 0.262. The highest BCUT2D eigenvalue weighted by Gasteiger charge is 2.36. The second kappa shape index (κ2) is 8.59. The zero-order valence-corrected chi connectivity index (χ0v) is 18.4. The van der Waals surface area contributed by atoms with Gasteiger partial charge in [-0.2, -0.15) is 0 Å². The molecule has 5 aromatic carbocycles. The maximum atomic E-state index is 2.51. The molecule has 148 valence electrons. The van der Waals surface area contributed by atoms with Gasteiger partial charge in [0.2, 0.25) is 0 Å². The van der Waals surface area contributed by atoms with Crippen LogP contribution in [0, 0.1) is 0 Å². The second-order valence-electron chi connectivity index (χ2n) is 7.81. The van der Waals surface area contributed by atoms with Crippen molar-refractivity contribution in [3.05, 3.63) is 145 Å². The second-order valence-corrected chi connectivity index (χ2v) is 11.5. The lowest BCUT2D eigenvalue weighted by atomic mass is 10.1. The first-order chi connectivity index (χ1) is 15.4. The van der Waals surface area contributed by atoms with E-state index < -0.39 is 8.07 Å². The van der Waals surface area contributed by atoms with Gasteiger partial charge in [-0.15, -0.1) is 0 Å². The van der Waals surface area contributed by atoms with Gasteiger partial charge in [-0.25, -0.2) is 0 Å². The summed E-state index contributed by atoms with van der Waals surface area (Å²) < 4.78 is 0. The molecule has 5 aromatic rings. The van der Waals surface area contributed by atoms with Crippen LogP contribution in [-0.4, -0.2) is 8.07 Å². The van der Waals surface area contributed by atoms with E-state index in [0.29, 0.717) is 0 Å². The molecule has 31 heavy (non-hydrogen) atoms. The van der Waals surface area contributed by atoms with Gasteiger partial charge in [-0.1, -0.05) is 145 Å². The van der Waals surface area contributed by atoms with Crippen LogP contribution in [0.5, 0.6) is 0 Å². The van der Waals surface area contributed by atoms with Crippen molar-refractivity contribution >= 4 is 40.5 Å². The summed E-state index contributed by atoms with van der Waals surface area (Å²) in [5.74, 6) is 0. The molecule has 0 spiro atoms. The van der Waals surface area contributed by atoms with Gasteiger partial charge < -0.3 is 0 Å². The predicted molar refractivity (Wildman–Crippen MR) is 137 cm³/mol. The molecular formula is C30H24Si. The lowest BCUT2D eigenvalue weighted by molar-refractivity contribution is 1.68. The van der Waals surface area contributed by atoms with Crippen LogP contribution in [0.4, 0.5) is 0 Å². The van der Waals surface area contributed by atoms with Crippen LogP contribution in [0.15, 0.2) is 139 Å². The minimum Gasteiger partial charge on any atom is -0.0812 e. The fraction of sp³-hybridized carbons (Fsp3) is 0. The molecule has 0 aliphatic carbocycles. The average molecular weight is 413 g/mol. The Morgan fingerprint density at radius 3 is 1.42 bits per heavy atom. The fourth-order valence-electron chi connectivity index (χ4n) is 4.50. The number of benzene rings is 5. The van der Waals surface area contributed by atoms with Crippen LogP contribution in [0.2, 0.25) is 0 Å². The summed E-state index contributed by atoms with van der Waals surface area (Å²) in [6.07, 6.45) is 2.35. The van der Waals surface area contributed by atoms with E-state index in [-0.39, 0.29) is 0 Å². The average Bonchev–Trinajstić information content (AvgIpc) is 2.86. The molecule has 0 fully saturated rings. The Morgan fingerprint density at radius 1 is 0.419 bits per heavy atom. The highest BCUT2D eigenvalue weighted by molar-refractivity contribution is 7.15.